The van der Waals surface area contributed by atoms with Gasteiger partial charge in [0, 0.05) is 30.9 Å². The van der Waals surface area contributed by atoms with Crippen LogP contribution in [0.5, 0.6) is 0 Å². The van der Waals surface area contributed by atoms with Crippen molar-refractivity contribution >= 4 is 35.2 Å². The Balaban J connectivity index is 1.50. The Morgan fingerprint density at radius 3 is 2.78 bits per heavy atom. The molecule has 0 aromatic carbocycles. The molecule has 1 saturated carbocycles. The molecule has 37 heavy (non-hydrogen) atoms. The first-order chi connectivity index (χ1) is 17.7. The van der Waals surface area contributed by atoms with Gasteiger partial charge in [0.25, 0.3) is 5.91 Å². The van der Waals surface area contributed by atoms with Crippen LogP contribution in [0.25, 0.3) is 0 Å². The molecule has 1 aliphatic rings. The molecule has 0 saturated heterocycles. The van der Waals surface area contributed by atoms with Crippen LogP contribution < -0.4 is 16.4 Å². The molecule has 0 bridgehead atoms. The molecular formula is C25H33ClN8O3. The number of pyridine rings is 1. The summed E-state index contributed by atoms with van der Waals surface area (Å²) in [7, 11) is 0. The van der Waals surface area contributed by atoms with Crippen molar-refractivity contribution in [3.63, 3.8) is 0 Å². The second kappa shape index (κ2) is 11.3. The number of hydrogen-bond acceptors (Lipinski definition) is 8. The summed E-state index contributed by atoms with van der Waals surface area (Å²) in [5.74, 6) is 1.01. The summed E-state index contributed by atoms with van der Waals surface area (Å²) in [6, 6.07) is 5.36. The standard InChI is InChI=1S/C25H33ClN8O3/c1-25(2,3)34-21(30-20-8-7-18(26)22(31-20)23(35)29-10-4-9-27)14-19(32-34)16-5-6-17(13-16)37-24(36)33-12-11-28-15-33/h7-8,11-12,14-17H,4-6,9-10,13,27H2,1-3H3,(H,29,35)(H,30,31)/t16-,17+/m0/s1. The first kappa shape index (κ1) is 26.6. The van der Waals surface area contributed by atoms with Gasteiger partial charge >= 0.3 is 6.09 Å². The van der Waals surface area contributed by atoms with E-state index >= 15 is 0 Å². The van der Waals surface area contributed by atoms with E-state index in [0.717, 1.165) is 24.4 Å². The zero-order valence-electron chi connectivity index (χ0n) is 21.3. The summed E-state index contributed by atoms with van der Waals surface area (Å²) < 4.78 is 8.89. The highest BCUT2D eigenvalue weighted by atomic mass is 35.5. The van der Waals surface area contributed by atoms with Crippen LogP contribution in [0, 0.1) is 0 Å². The highest BCUT2D eigenvalue weighted by Crippen LogP contribution is 2.38. The minimum absolute atomic E-state index is 0.143. The summed E-state index contributed by atoms with van der Waals surface area (Å²) in [6.07, 6.45) is 6.89. The van der Waals surface area contributed by atoms with Gasteiger partial charge in [-0.15, -0.1) is 0 Å². The second-order valence-corrected chi connectivity index (χ2v) is 10.5. The van der Waals surface area contributed by atoms with Gasteiger partial charge in [0.15, 0.2) is 0 Å². The number of nitrogens with one attached hydrogen (secondary N) is 2. The van der Waals surface area contributed by atoms with E-state index < -0.39 is 6.09 Å². The largest absolute Gasteiger partial charge is 0.446 e. The van der Waals surface area contributed by atoms with E-state index in [1.165, 1.54) is 10.9 Å². The zero-order valence-corrected chi connectivity index (χ0v) is 22.0. The molecular weight excluding hydrogens is 496 g/mol. The Labute approximate surface area is 220 Å². The van der Waals surface area contributed by atoms with E-state index in [-0.39, 0.29) is 34.2 Å². The quantitative estimate of drug-likeness (QED) is 0.372. The summed E-state index contributed by atoms with van der Waals surface area (Å²) in [5.41, 5.74) is 6.24. The minimum atomic E-state index is -0.428. The molecule has 3 aromatic heterocycles. The van der Waals surface area contributed by atoms with Gasteiger partial charge in [0.05, 0.1) is 16.3 Å². The van der Waals surface area contributed by atoms with Gasteiger partial charge in [-0.3, -0.25) is 4.79 Å². The van der Waals surface area contributed by atoms with Gasteiger partial charge in [0.1, 0.15) is 29.8 Å². The van der Waals surface area contributed by atoms with Crippen molar-refractivity contribution in [2.75, 3.05) is 18.4 Å². The molecule has 1 fully saturated rings. The number of aromatic nitrogens is 5. The van der Waals surface area contributed by atoms with E-state index in [1.54, 1.807) is 24.5 Å². The second-order valence-electron chi connectivity index (χ2n) is 10.1. The molecule has 4 rings (SSSR count). The molecule has 1 aliphatic carbocycles. The number of carbonyl (C=O) groups excluding carboxylic acids is 2. The van der Waals surface area contributed by atoms with Crippen LogP contribution in [-0.4, -0.2) is 55.5 Å². The number of carbonyl (C=O) groups is 2. The number of nitrogens with zero attached hydrogens (tertiary/aromatic N) is 5. The Morgan fingerprint density at radius 2 is 2.08 bits per heavy atom. The topological polar surface area (TPSA) is 142 Å². The number of hydrogen-bond donors (Lipinski definition) is 3. The molecule has 0 radical (unpaired) electrons. The van der Waals surface area contributed by atoms with Gasteiger partial charge in [-0.2, -0.15) is 5.10 Å². The molecule has 3 heterocycles. The molecule has 1 amide bonds. The van der Waals surface area contributed by atoms with E-state index in [4.69, 9.17) is 27.2 Å². The lowest BCUT2D eigenvalue weighted by Gasteiger charge is -2.22. The van der Waals surface area contributed by atoms with Crippen molar-refractivity contribution in [2.24, 2.45) is 5.73 Å². The SMILES string of the molecule is CC(C)(C)n1nc([C@H]2CC[C@@H](OC(=O)n3ccnc3)C2)cc1Nc1ccc(Cl)c(C(=O)NCCCN)n1. The lowest BCUT2D eigenvalue weighted by Crippen LogP contribution is -2.27. The first-order valence-corrected chi connectivity index (χ1v) is 12.7. The summed E-state index contributed by atoms with van der Waals surface area (Å²) >= 11 is 6.25. The lowest BCUT2D eigenvalue weighted by molar-refractivity contribution is 0.0947. The number of amides is 1. The van der Waals surface area contributed by atoms with E-state index in [2.05, 4.69) is 41.4 Å². The highest BCUT2D eigenvalue weighted by Gasteiger charge is 2.32. The van der Waals surface area contributed by atoms with Gasteiger partial charge in [-0.1, -0.05) is 11.6 Å². The van der Waals surface area contributed by atoms with Crippen molar-refractivity contribution in [3.8, 4) is 0 Å². The fourth-order valence-corrected chi connectivity index (χ4v) is 4.47. The van der Waals surface area contributed by atoms with Crippen LogP contribution >= 0.6 is 11.6 Å². The number of ether oxygens (including phenoxy) is 1. The Bertz CT molecular complexity index is 1240. The highest BCUT2D eigenvalue weighted by molar-refractivity contribution is 6.33. The van der Waals surface area contributed by atoms with Gasteiger partial charge in [0.2, 0.25) is 0 Å². The van der Waals surface area contributed by atoms with Crippen molar-refractivity contribution < 1.29 is 14.3 Å². The van der Waals surface area contributed by atoms with E-state index in [0.29, 0.717) is 31.7 Å². The molecule has 3 aromatic rings. The zero-order chi connectivity index (χ0) is 26.6. The lowest BCUT2D eigenvalue weighted by atomic mass is 10.0. The maximum absolute atomic E-state index is 12.5. The smallest absolute Gasteiger partial charge is 0.419 e. The maximum atomic E-state index is 12.5. The fraction of sp³-hybridized carbons (Fsp3) is 0.480. The third kappa shape index (κ3) is 6.47. The maximum Gasteiger partial charge on any atom is 0.419 e. The third-order valence-electron chi connectivity index (χ3n) is 6.13. The van der Waals surface area contributed by atoms with Crippen molar-refractivity contribution in [1.82, 2.24) is 29.6 Å². The molecule has 4 N–H and O–H groups in total. The van der Waals surface area contributed by atoms with Crippen molar-refractivity contribution in [3.05, 3.63) is 53.3 Å². The number of rotatable bonds is 8. The predicted molar refractivity (Wildman–Crippen MR) is 140 cm³/mol. The third-order valence-corrected chi connectivity index (χ3v) is 6.44. The van der Waals surface area contributed by atoms with Crippen LogP contribution in [0.2, 0.25) is 5.02 Å². The van der Waals surface area contributed by atoms with E-state index in [1.807, 2.05) is 10.7 Å². The average Bonchev–Trinajstić information content (AvgIpc) is 3.61. The monoisotopic (exact) mass is 528 g/mol. The number of nitrogens with two attached hydrogens (primary N) is 1. The van der Waals surface area contributed by atoms with E-state index in [9.17, 15) is 9.59 Å². The summed E-state index contributed by atoms with van der Waals surface area (Å²) in [5, 5.41) is 11.3. The number of halogens is 1. The van der Waals surface area contributed by atoms with Crippen LogP contribution in [-0.2, 0) is 10.3 Å². The minimum Gasteiger partial charge on any atom is -0.446 e. The summed E-state index contributed by atoms with van der Waals surface area (Å²) in [6.45, 7) is 7.11. The molecule has 11 nitrogen and oxygen atoms in total. The Morgan fingerprint density at radius 1 is 1.27 bits per heavy atom. The number of imidazole rings is 1. The van der Waals surface area contributed by atoms with Crippen LogP contribution in [0.3, 0.4) is 0 Å². The van der Waals surface area contributed by atoms with Crippen molar-refractivity contribution in [2.45, 2.75) is 64.0 Å². The molecule has 198 valence electrons. The van der Waals surface area contributed by atoms with Gasteiger partial charge < -0.3 is 21.1 Å². The normalized spacial score (nSPS) is 17.5. The molecule has 0 unspecified atom stereocenters. The average molecular weight is 529 g/mol. The van der Waals surface area contributed by atoms with Crippen LogP contribution in [0.15, 0.2) is 36.9 Å². The van der Waals surface area contributed by atoms with Crippen LogP contribution in [0.4, 0.5) is 16.4 Å². The number of anilines is 2. The Hall–Kier alpha value is -3.44. The van der Waals surface area contributed by atoms with Crippen LogP contribution in [0.1, 0.15) is 68.6 Å². The van der Waals surface area contributed by atoms with Crippen molar-refractivity contribution in [1.29, 1.82) is 0 Å². The summed E-state index contributed by atoms with van der Waals surface area (Å²) in [4.78, 5) is 33.2. The molecule has 0 spiro atoms. The van der Waals surface area contributed by atoms with Gasteiger partial charge in [-0.05, 0) is 65.1 Å². The fourth-order valence-electron chi connectivity index (χ4n) is 4.28. The Kier molecular flexibility index (Phi) is 8.13. The first-order valence-electron chi connectivity index (χ1n) is 12.4. The predicted octanol–water partition coefficient (Wildman–Crippen LogP) is 4.03. The molecule has 0 aliphatic heterocycles. The van der Waals surface area contributed by atoms with Gasteiger partial charge in [-0.25, -0.2) is 24.0 Å². The molecule has 12 heteroatoms. The molecule has 2 atom stereocenters.